The Morgan fingerprint density at radius 2 is 2.15 bits per heavy atom. The zero-order chi connectivity index (χ0) is 8.84. The lowest BCUT2D eigenvalue weighted by Gasteiger charge is -2.34. The second-order valence-corrected chi connectivity index (χ2v) is 4.39. The minimum atomic E-state index is 0.207. The maximum Gasteiger partial charge on any atom is 0.228 e. The van der Waals surface area contributed by atoms with E-state index >= 15 is 0 Å². The van der Waals surface area contributed by atoms with Crippen LogP contribution < -0.4 is 0 Å². The van der Waals surface area contributed by atoms with Crippen molar-refractivity contribution in [2.75, 3.05) is 13.1 Å². The molecule has 2 bridgehead atoms. The Labute approximate surface area is 78.0 Å². The summed E-state index contributed by atoms with van der Waals surface area (Å²) in [6.07, 6.45) is 5.12. The van der Waals surface area contributed by atoms with Gasteiger partial charge in [0.05, 0.1) is 18.1 Å². The first-order valence-corrected chi connectivity index (χ1v) is 5.29. The molecule has 0 aromatic heterocycles. The Balaban J connectivity index is 1.68. The van der Waals surface area contributed by atoms with E-state index in [2.05, 4.69) is 0 Å². The Hall–Kier alpha value is -0.570. The highest BCUT2D eigenvalue weighted by molar-refractivity contribution is 5.80. The van der Waals surface area contributed by atoms with Gasteiger partial charge in [-0.3, -0.25) is 4.79 Å². The summed E-state index contributed by atoms with van der Waals surface area (Å²) in [5, 5.41) is 0. The van der Waals surface area contributed by atoms with Crippen LogP contribution in [0.1, 0.15) is 25.7 Å². The average molecular weight is 181 g/mol. The molecule has 3 heteroatoms. The van der Waals surface area contributed by atoms with Crippen molar-refractivity contribution in [3.05, 3.63) is 0 Å². The van der Waals surface area contributed by atoms with Crippen LogP contribution in [-0.2, 0) is 9.53 Å². The molecule has 3 atom stereocenters. The topological polar surface area (TPSA) is 29.5 Å². The van der Waals surface area contributed by atoms with Gasteiger partial charge in [0.1, 0.15) is 0 Å². The number of ether oxygens (including phenoxy) is 1. The van der Waals surface area contributed by atoms with Crippen molar-refractivity contribution in [2.24, 2.45) is 5.92 Å². The molecule has 0 saturated carbocycles. The fraction of sp³-hybridized carbons (Fsp3) is 0.900. The van der Waals surface area contributed by atoms with Gasteiger partial charge in [-0.15, -0.1) is 0 Å². The van der Waals surface area contributed by atoms with Crippen LogP contribution in [-0.4, -0.2) is 36.1 Å². The lowest BCUT2D eigenvalue weighted by Crippen LogP contribution is -2.47. The zero-order valence-corrected chi connectivity index (χ0v) is 7.74. The van der Waals surface area contributed by atoms with Gasteiger partial charge in [0.2, 0.25) is 5.91 Å². The molecule has 3 rings (SSSR count). The quantitative estimate of drug-likeness (QED) is 0.598. The van der Waals surface area contributed by atoms with Crippen LogP contribution in [0.25, 0.3) is 0 Å². The van der Waals surface area contributed by atoms with E-state index in [0.29, 0.717) is 12.0 Å². The second-order valence-electron chi connectivity index (χ2n) is 4.39. The number of carbonyl (C=O) groups excluding carboxylic acids is 1. The molecule has 0 aliphatic carbocycles. The number of hydrogen-bond donors (Lipinski definition) is 0. The average Bonchev–Trinajstić information content (AvgIpc) is 2.59. The largest absolute Gasteiger partial charge is 0.374 e. The number of rotatable bonds is 1. The lowest BCUT2D eigenvalue weighted by molar-refractivity contribution is -0.140. The van der Waals surface area contributed by atoms with E-state index in [0.717, 1.165) is 25.9 Å². The summed E-state index contributed by atoms with van der Waals surface area (Å²) in [7, 11) is 0. The van der Waals surface area contributed by atoms with E-state index in [4.69, 9.17) is 4.74 Å². The third kappa shape index (κ3) is 1.10. The molecule has 0 unspecified atom stereocenters. The van der Waals surface area contributed by atoms with Crippen LogP contribution in [0.2, 0.25) is 0 Å². The number of amides is 1. The summed E-state index contributed by atoms with van der Waals surface area (Å²) in [6.45, 7) is 1.96. The minimum Gasteiger partial charge on any atom is -0.374 e. The number of fused-ring (bicyclic) bond motifs is 2. The summed E-state index contributed by atoms with van der Waals surface area (Å²) in [5.74, 6) is 0.567. The fourth-order valence-corrected chi connectivity index (χ4v) is 2.67. The maximum atomic E-state index is 11.9. The molecule has 1 amide bonds. The summed E-state index contributed by atoms with van der Waals surface area (Å²) >= 11 is 0. The molecule has 3 saturated heterocycles. The molecule has 0 radical (unpaired) electrons. The first-order valence-electron chi connectivity index (χ1n) is 5.29. The minimum absolute atomic E-state index is 0.207. The first kappa shape index (κ1) is 7.80. The van der Waals surface area contributed by atoms with Gasteiger partial charge in [-0.1, -0.05) is 0 Å². The fourth-order valence-electron chi connectivity index (χ4n) is 2.67. The number of carbonyl (C=O) groups is 1. The van der Waals surface area contributed by atoms with E-state index in [1.54, 1.807) is 0 Å². The molecule has 0 spiro atoms. The molecular formula is C10H15NO2. The predicted molar refractivity (Wildman–Crippen MR) is 47.2 cm³/mol. The zero-order valence-electron chi connectivity index (χ0n) is 7.74. The van der Waals surface area contributed by atoms with Gasteiger partial charge in [0.15, 0.2) is 0 Å². The SMILES string of the molecule is O=C([C@@H]1C[C@H]2CC[C@@H]1O2)N1CCC1. The standard InChI is InChI=1S/C10H15NO2/c12-10(11-4-1-5-11)8-6-7-2-3-9(8)13-7/h7-9H,1-6H2/t7-,8-,9+/m1/s1. The summed E-state index contributed by atoms with van der Waals surface area (Å²) in [4.78, 5) is 13.8. The van der Waals surface area contributed by atoms with Crippen LogP contribution in [0.5, 0.6) is 0 Å². The maximum absolute atomic E-state index is 11.9. The molecule has 3 aliphatic heterocycles. The van der Waals surface area contributed by atoms with Crippen molar-refractivity contribution in [2.45, 2.75) is 37.9 Å². The Bertz CT molecular complexity index is 237. The van der Waals surface area contributed by atoms with Crippen LogP contribution in [0, 0.1) is 5.92 Å². The molecule has 0 aromatic carbocycles. The van der Waals surface area contributed by atoms with E-state index in [1.165, 1.54) is 12.8 Å². The third-order valence-corrected chi connectivity index (χ3v) is 3.59. The van der Waals surface area contributed by atoms with Crippen molar-refractivity contribution >= 4 is 5.91 Å². The normalized spacial score (nSPS) is 42.2. The van der Waals surface area contributed by atoms with Crippen LogP contribution in [0.15, 0.2) is 0 Å². The van der Waals surface area contributed by atoms with Gasteiger partial charge in [-0.25, -0.2) is 0 Å². The van der Waals surface area contributed by atoms with Gasteiger partial charge in [0, 0.05) is 13.1 Å². The van der Waals surface area contributed by atoms with E-state index in [1.807, 2.05) is 4.90 Å². The molecule has 0 N–H and O–H groups in total. The monoisotopic (exact) mass is 181 g/mol. The van der Waals surface area contributed by atoms with Crippen LogP contribution in [0.3, 0.4) is 0 Å². The van der Waals surface area contributed by atoms with Gasteiger partial charge in [-0.05, 0) is 25.7 Å². The number of nitrogens with zero attached hydrogens (tertiary/aromatic N) is 1. The molecule has 13 heavy (non-hydrogen) atoms. The van der Waals surface area contributed by atoms with Gasteiger partial charge in [0.25, 0.3) is 0 Å². The van der Waals surface area contributed by atoms with Crippen LogP contribution >= 0.6 is 0 Å². The van der Waals surface area contributed by atoms with Gasteiger partial charge < -0.3 is 9.64 Å². The Kier molecular flexibility index (Phi) is 1.62. The molecule has 0 aromatic rings. The second kappa shape index (κ2) is 2.71. The van der Waals surface area contributed by atoms with Crippen molar-refractivity contribution in [1.82, 2.24) is 4.90 Å². The number of hydrogen-bond acceptors (Lipinski definition) is 2. The van der Waals surface area contributed by atoms with Crippen molar-refractivity contribution < 1.29 is 9.53 Å². The molecular weight excluding hydrogens is 166 g/mol. The van der Waals surface area contributed by atoms with E-state index < -0.39 is 0 Å². The van der Waals surface area contributed by atoms with Gasteiger partial charge >= 0.3 is 0 Å². The lowest BCUT2D eigenvalue weighted by atomic mass is 9.87. The Morgan fingerprint density at radius 3 is 2.62 bits per heavy atom. The van der Waals surface area contributed by atoms with Crippen LogP contribution in [0.4, 0.5) is 0 Å². The van der Waals surface area contributed by atoms with E-state index in [9.17, 15) is 4.79 Å². The summed E-state index contributed by atoms with van der Waals surface area (Å²) in [6, 6.07) is 0. The highest BCUT2D eigenvalue weighted by atomic mass is 16.5. The molecule has 72 valence electrons. The van der Waals surface area contributed by atoms with Crippen molar-refractivity contribution in [3.8, 4) is 0 Å². The highest BCUT2D eigenvalue weighted by Crippen LogP contribution is 2.40. The van der Waals surface area contributed by atoms with Crippen molar-refractivity contribution in [1.29, 1.82) is 0 Å². The van der Waals surface area contributed by atoms with E-state index in [-0.39, 0.29) is 12.0 Å². The Morgan fingerprint density at radius 1 is 1.31 bits per heavy atom. The summed E-state index contributed by atoms with van der Waals surface area (Å²) in [5.41, 5.74) is 0. The molecule has 3 aliphatic rings. The molecule has 3 fully saturated rings. The molecule has 3 heterocycles. The smallest absolute Gasteiger partial charge is 0.228 e. The van der Waals surface area contributed by atoms with Crippen molar-refractivity contribution in [3.63, 3.8) is 0 Å². The summed E-state index contributed by atoms with van der Waals surface area (Å²) < 4.78 is 5.68. The van der Waals surface area contributed by atoms with Gasteiger partial charge in [-0.2, -0.15) is 0 Å². The molecule has 3 nitrogen and oxygen atoms in total. The first-order chi connectivity index (χ1) is 6.34. The number of likely N-dealkylation sites (tertiary alicyclic amines) is 1. The predicted octanol–water partition coefficient (Wildman–Crippen LogP) is 0.786. The highest BCUT2D eigenvalue weighted by Gasteiger charge is 2.46. The third-order valence-electron chi connectivity index (χ3n) is 3.59.